The summed E-state index contributed by atoms with van der Waals surface area (Å²) in [5.41, 5.74) is 2.81. The number of carbonyl (C=O) groups is 2. The second-order valence-corrected chi connectivity index (χ2v) is 7.18. The molecule has 5 nitrogen and oxygen atoms in total. The molecule has 0 unspecified atom stereocenters. The number of benzene rings is 2. The molecule has 2 rings (SSSR count). The number of rotatable bonds is 8. The van der Waals surface area contributed by atoms with Gasteiger partial charge in [-0.3, -0.25) is 9.59 Å². The van der Waals surface area contributed by atoms with Crippen molar-refractivity contribution in [1.82, 2.24) is 0 Å². The van der Waals surface area contributed by atoms with Gasteiger partial charge in [0, 0.05) is 10.6 Å². The normalized spacial score (nSPS) is 11.6. The molecule has 0 heterocycles. The van der Waals surface area contributed by atoms with Crippen LogP contribution in [0.15, 0.2) is 47.4 Å². The van der Waals surface area contributed by atoms with Gasteiger partial charge in [0.2, 0.25) is 0 Å². The molecule has 2 aromatic rings. The Kier molecular flexibility index (Phi) is 7.73. The molecule has 0 saturated heterocycles. The van der Waals surface area contributed by atoms with Gasteiger partial charge in [0.25, 0.3) is 5.91 Å². The summed E-state index contributed by atoms with van der Waals surface area (Å²) in [6.45, 7) is 8.02. The van der Waals surface area contributed by atoms with Crippen LogP contribution in [0.3, 0.4) is 0 Å². The Labute approximate surface area is 164 Å². The summed E-state index contributed by atoms with van der Waals surface area (Å²) in [6.07, 6.45) is -0.862. The van der Waals surface area contributed by atoms with Crippen LogP contribution in [0.5, 0.6) is 5.75 Å². The van der Waals surface area contributed by atoms with Crippen LogP contribution in [0, 0.1) is 13.8 Å². The third kappa shape index (κ3) is 6.64. The lowest BCUT2D eigenvalue weighted by atomic mass is 10.1. The van der Waals surface area contributed by atoms with E-state index in [4.69, 9.17) is 9.47 Å². The molecular formula is C21H25NO4S. The van der Waals surface area contributed by atoms with Crippen molar-refractivity contribution >= 4 is 29.3 Å². The zero-order chi connectivity index (χ0) is 19.8. The SMILES string of the molecule is CCOc1ccc(SCC(=O)O[C@H](C)C(=O)Nc2ccc(C)cc2C)cc1. The highest BCUT2D eigenvalue weighted by atomic mass is 32.2. The third-order valence-electron chi connectivity index (χ3n) is 3.81. The highest BCUT2D eigenvalue weighted by molar-refractivity contribution is 8.00. The Morgan fingerprint density at radius 3 is 2.44 bits per heavy atom. The molecule has 0 aliphatic rings. The summed E-state index contributed by atoms with van der Waals surface area (Å²) in [6, 6.07) is 13.2. The molecule has 2 aromatic carbocycles. The van der Waals surface area contributed by atoms with Gasteiger partial charge in [-0.25, -0.2) is 0 Å². The fourth-order valence-corrected chi connectivity index (χ4v) is 3.10. The van der Waals surface area contributed by atoms with Crippen molar-refractivity contribution in [3.63, 3.8) is 0 Å². The maximum Gasteiger partial charge on any atom is 0.317 e. The summed E-state index contributed by atoms with van der Waals surface area (Å²) in [5, 5.41) is 2.80. The molecule has 144 valence electrons. The van der Waals surface area contributed by atoms with Gasteiger partial charge in [-0.15, -0.1) is 11.8 Å². The first-order valence-electron chi connectivity index (χ1n) is 8.82. The van der Waals surface area contributed by atoms with Crippen molar-refractivity contribution in [2.45, 2.75) is 38.7 Å². The summed E-state index contributed by atoms with van der Waals surface area (Å²) < 4.78 is 10.6. The van der Waals surface area contributed by atoms with Crippen molar-refractivity contribution in [3.8, 4) is 5.75 Å². The molecule has 1 N–H and O–H groups in total. The molecule has 27 heavy (non-hydrogen) atoms. The molecular weight excluding hydrogens is 362 g/mol. The Bertz CT molecular complexity index is 789. The van der Waals surface area contributed by atoms with E-state index in [1.165, 1.54) is 11.8 Å². The van der Waals surface area contributed by atoms with Crippen LogP contribution in [-0.2, 0) is 14.3 Å². The molecule has 1 atom stereocenters. The summed E-state index contributed by atoms with van der Waals surface area (Å²) >= 11 is 1.36. The number of anilines is 1. The number of hydrogen-bond donors (Lipinski definition) is 1. The molecule has 0 aliphatic carbocycles. The van der Waals surface area contributed by atoms with Gasteiger partial charge in [0.05, 0.1) is 12.4 Å². The van der Waals surface area contributed by atoms with Crippen LogP contribution in [0.1, 0.15) is 25.0 Å². The second kappa shape index (κ2) is 10.0. The van der Waals surface area contributed by atoms with E-state index in [-0.39, 0.29) is 11.7 Å². The monoisotopic (exact) mass is 387 g/mol. The van der Waals surface area contributed by atoms with E-state index in [1.807, 2.05) is 63.2 Å². The fourth-order valence-electron chi connectivity index (χ4n) is 2.41. The van der Waals surface area contributed by atoms with Gasteiger partial charge in [-0.05, 0) is 63.6 Å². The Morgan fingerprint density at radius 2 is 1.81 bits per heavy atom. The standard InChI is InChI=1S/C21H25NO4S/c1-5-25-17-7-9-18(10-8-17)27-13-20(23)26-16(4)21(24)22-19-11-6-14(2)12-15(19)3/h6-12,16H,5,13H2,1-4H3,(H,22,24)/t16-/m1/s1. The van der Waals surface area contributed by atoms with E-state index >= 15 is 0 Å². The van der Waals surface area contributed by atoms with E-state index in [0.717, 1.165) is 27.5 Å². The fraction of sp³-hybridized carbons (Fsp3) is 0.333. The Hall–Kier alpha value is -2.47. The average Bonchev–Trinajstić information content (AvgIpc) is 2.63. The number of thioether (sulfide) groups is 1. The minimum absolute atomic E-state index is 0.134. The predicted molar refractivity (Wildman–Crippen MR) is 108 cm³/mol. The van der Waals surface area contributed by atoms with E-state index < -0.39 is 12.1 Å². The highest BCUT2D eigenvalue weighted by Gasteiger charge is 2.18. The molecule has 0 aliphatic heterocycles. The van der Waals surface area contributed by atoms with Gasteiger partial charge in [-0.2, -0.15) is 0 Å². The number of esters is 1. The van der Waals surface area contributed by atoms with Gasteiger partial charge >= 0.3 is 5.97 Å². The first kappa shape index (κ1) is 20.8. The van der Waals surface area contributed by atoms with Crippen LogP contribution in [0.25, 0.3) is 0 Å². The van der Waals surface area contributed by atoms with Crippen LogP contribution in [0.2, 0.25) is 0 Å². The lowest BCUT2D eigenvalue weighted by Gasteiger charge is -2.15. The molecule has 0 saturated carbocycles. The number of nitrogens with one attached hydrogen (secondary N) is 1. The molecule has 0 radical (unpaired) electrons. The number of aryl methyl sites for hydroxylation is 2. The molecule has 0 spiro atoms. The first-order valence-corrected chi connectivity index (χ1v) is 9.81. The minimum Gasteiger partial charge on any atom is -0.494 e. The van der Waals surface area contributed by atoms with E-state index in [9.17, 15) is 9.59 Å². The van der Waals surface area contributed by atoms with Gasteiger partial charge in [0.1, 0.15) is 5.75 Å². The van der Waals surface area contributed by atoms with E-state index in [0.29, 0.717) is 6.61 Å². The van der Waals surface area contributed by atoms with Gasteiger partial charge in [-0.1, -0.05) is 17.7 Å². The summed E-state index contributed by atoms with van der Waals surface area (Å²) in [5.74, 6) is 0.148. The summed E-state index contributed by atoms with van der Waals surface area (Å²) in [7, 11) is 0. The first-order chi connectivity index (χ1) is 12.9. The molecule has 6 heteroatoms. The maximum absolute atomic E-state index is 12.2. The minimum atomic E-state index is -0.862. The largest absolute Gasteiger partial charge is 0.494 e. The van der Waals surface area contributed by atoms with Crippen LogP contribution < -0.4 is 10.1 Å². The smallest absolute Gasteiger partial charge is 0.317 e. The van der Waals surface area contributed by atoms with Gasteiger partial charge in [0.15, 0.2) is 6.10 Å². The van der Waals surface area contributed by atoms with Gasteiger partial charge < -0.3 is 14.8 Å². The molecule has 1 amide bonds. The quantitative estimate of drug-likeness (QED) is 0.538. The van der Waals surface area contributed by atoms with Crippen molar-refractivity contribution in [1.29, 1.82) is 0 Å². The third-order valence-corrected chi connectivity index (χ3v) is 4.79. The van der Waals surface area contributed by atoms with E-state index in [2.05, 4.69) is 5.32 Å². The van der Waals surface area contributed by atoms with Crippen LogP contribution in [0.4, 0.5) is 5.69 Å². The topological polar surface area (TPSA) is 64.6 Å². The number of amides is 1. The highest BCUT2D eigenvalue weighted by Crippen LogP contribution is 2.22. The van der Waals surface area contributed by atoms with E-state index in [1.54, 1.807) is 6.92 Å². The van der Waals surface area contributed by atoms with Crippen molar-refractivity contribution in [2.75, 3.05) is 17.7 Å². The Balaban J connectivity index is 1.81. The number of carbonyl (C=O) groups excluding carboxylic acids is 2. The molecule has 0 bridgehead atoms. The zero-order valence-electron chi connectivity index (χ0n) is 16.1. The molecule has 0 fully saturated rings. The predicted octanol–water partition coefficient (Wildman–Crippen LogP) is 4.36. The van der Waals surface area contributed by atoms with Crippen LogP contribution >= 0.6 is 11.8 Å². The maximum atomic E-state index is 12.2. The Morgan fingerprint density at radius 1 is 1.11 bits per heavy atom. The van der Waals surface area contributed by atoms with Crippen LogP contribution in [-0.4, -0.2) is 30.3 Å². The zero-order valence-corrected chi connectivity index (χ0v) is 16.9. The lowest BCUT2D eigenvalue weighted by molar-refractivity contribution is -0.150. The van der Waals surface area contributed by atoms with Crippen molar-refractivity contribution < 1.29 is 19.1 Å². The number of hydrogen-bond acceptors (Lipinski definition) is 5. The lowest BCUT2D eigenvalue weighted by Crippen LogP contribution is -2.30. The number of ether oxygens (including phenoxy) is 2. The average molecular weight is 388 g/mol. The van der Waals surface area contributed by atoms with Crippen molar-refractivity contribution in [2.24, 2.45) is 0 Å². The van der Waals surface area contributed by atoms with Crippen molar-refractivity contribution in [3.05, 3.63) is 53.6 Å². The molecule has 0 aromatic heterocycles. The summed E-state index contributed by atoms with van der Waals surface area (Å²) in [4.78, 5) is 25.2. The second-order valence-electron chi connectivity index (χ2n) is 6.13.